The number of benzene rings is 2. The molecule has 0 unspecified atom stereocenters. The van der Waals surface area contributed by atoms with E-state index < -0.39 is 6.10 Å². The number of aliphatic hydroxyl groups is 1. The average Bonchev–Trinajstić information content (AvgIpc) is 3.05. The number of hydrogen-bond acceptors (Lipinski definition) is 5. The van der Waals surface area contributed by atoms with Crippen LogP contribution in [0.4, 0.5) is 0 Å². The number of nitrogens with zero attached hydrogens (tertiary/aromatic N) is 2. The highest BCUT2D eigenvalue weighted by Crippen LogP contribution is 2.32. The van der Waals surface area contributed by atoms with Gasteiger partial charge in [-0.05, 0) is 23.3 Å². The summed E-state index contributed by atoms with van der Waals surface area (Å²) in [4.78, 5) is 16.7. The molecule has 1 N–H and O–H groups in total. The van der Waals surface area contributed by atoms with Gasteiger partial charge in [-0.25, -0.2) is 0 Å². The van der Waals surface area contributed by atoms with E-state index in [1.54, 1.807) is 4.90 Å². The summed E-state index contributed by atoms with van der Waals surface area (Å²) in [5.74, 6) is 1.42. The molecule has 0 aromatic heterocycles. The second-order valence-corrected chi connectivity index (χ2v) is 7.08. The fourth-order valence-electron chi connectivity index (χ4n) is 3.60. The summed E-state index contributed by atoms with van der Waals surface area (Å²) >= 11 is 0. The van der Waals surface area contributed by atoms with Crippen LogP contribution in [0.2, 0.25) is 0 Å². The van der Waals surface area contributed by atoms with Crippen molar-refractivity contribution in [1.29, 1.82) is 0 Å². The van der Waals surface area contributed by atoms with Gasteiger partial charge in [0.15, 0.2) is 11.5 Å². The summed E-state index contributed by atoms with van der Waals surface area (Å²) in [6.45, 7) is 3.31. The van der Waals surface area contributed by atoms with Crippen LogP contribution in [0, 0.1) is 0 Å². The Morgan fingerprint density at radius 2 is 1.81 bits per heavy atom. The Kier molecular flexibility index (Phi) is 5.27. The van der Waals surface area contributed by atoms with Crippen LogP contribution >= 0.6 is 0 Å². The summed E-state index contributed by atoms with van der Waals surface area (Å²) in [5.41, 5.74) is 2.11. The van der Waals surface area contributed by atoms with E-state index in [2.05, 4.69) is 17.0 Å². The van der Waals surface area contributed by atoms with Gasteiger partial charge >= 0.3 is 0 Å². The molecule has 2 aromatic rings. The number of amides is 1. The predicted molar refractivity (Wildman–Crippen MR) is 101 cm³/mol. The molecule has 1 saturated heterocycles. The topological polar surface area (TPSA) is 62.2 Å². The number of β-amino-alcohol motifs (C(OH)–C–C–N with tert-alkyl or cyclic N) is 1. The summed E-state index contributed by atoms with van der Waals surface area (Å²) < 4.78 is 10.7. The van der Waals surface area contributed by atoms with Crippen LogP contribution in [0.5, 0.6) is 11.5 Å². The molecule has 2 heterocycles. The Morgan fingerprint density at radius 3 is 2.67 bits per heavy atom. The SMILES string of the molecule is O=C(Cc1ccc2c(c1)OCO2)N1CCN(Cc2ccccc2)C[C@@H](O)C1. The fourth-order valence-corrected chi connectivity index (χ4v) is 3.60. The molecule has 1 fully saturated rings. The first-order valence-electron chi connectivity index (χ1n) is 9.28. The Bertz CT molecular complexity index is 796. The molecule has 1 atom stereocenters. The summed E-state index contributed by atoms with van der Waals surface area (Å²) in [6.07, 6.45) is -0.251. The van der Waals surface area contributed by atoms with Gasteiger partial charge in [0.05, 0.1) is 12.5 Å². The van der Waals surface area contributed by atoms with Crippen LogP contribution in [0.3, 0.4) is 0 Å². The highest BCUT2D eigenvalue weighted by Gasteiger charge is 2.25. The Morgan fingerprint density at radius 1 is 1.00 bits per heavy atom. The largest absolute Gasteiger partial charge is 0.454 e. The van der Waals surface area contributed by atoms with Gasteiger partial charge < -0.3 is 19.5 Å². The minimum Gasteiger partial charge on any atom is -0.454 e. The first-order chi connectivity index (χ1) is 13.2. The van der Waals surface area contributed by atoms with E-state index in [0.29, 0.717) is 37.6 Å². The fraction of sp³-hybridized carbons (Fsp3) is 0.381. The van der Waals surface area contributed by atoms with Gasteiger partial charge in [0.1, 0.15) is 0 Å². The first kappa shape index (κ1) is 17.8. The minimum atomic E-state index is -0.545. The number of carbonyl (C=O) groups excluding carboxylic acids is 1. The maximum atomic E-state index is 12.8. The highest BCUT2D eigenvalue weighted by molar-refractivity contribution is 5.79. The lowest BCUT2D eigenvalue weighted by Gasteiger charge is -2.22. The van der Waals surface area contributed by atoms with E-state index in [-0.39, 0.29) is 12.7 Å². The highest BCUT2D eigenvalue weighted by atomic mass is 16.7. The molecule has 0 spiro atoms. The minimum absolute atomic E-state index is 0.0227. The summed E-state index contributed by atoms with van der Waals surface area (Å²) in [6, 6.07) is 15.8. The lowest BCUT2D eigenvalue weighted by atomic mass is 10.1. The summed E-state index contributed by atoms with van der Waals surface area (Å²) in [5, 5.41) is 10.4. The maximum Gasteiger partial charge on any atom is 0.231 e. The molecule has 142 valence electrons. The molecular weight excluding hydrogens is 344 g/mol. The number of ether oxygens (including phenoxy) is 2. The van der Waals surface area contributed by atoms with E-state index >= 15 is 0 Å². The Hall–Kier alpha value is -2.57. The standard InChI is InChI=1S/C21H24N2O4/c24-18-13-22(12-16-4-2-1-3-5-16)8-9-23(14-18)21(25)11-17-6-7-19-20(10-17)27-15-26-19/h1-7,10,18,24H,8-9,11-15H2/t18-/m1/s1. The smallest absolute Gasteiger partial charge is 0.231 e. The zero-order chi connectivity index (χ0) is 18.6. The Balaban J connectivity index is 1.36. The van der Waals surface area contributed by atoms with Crippen molar-refractivity contribution < 1.29 is 19.4 Å². The van der Waals surface area contributed by atoms with Crippen molar-refractivity contribution >= 4 is 5.91 Å². The van der Waals surface area contributed by atoms with Gasteiger partial charge in [-0.2, -0.15) is 0 Å². The molecule has 4 rings (SSSR count). The van der Waals surface area contributed by atoms with Crippen LogP contribution in [0.1, 0.15) is 11.1 Å². The van der Waals surface area contributed by atoms with E-state index in [1.165, 1.54) is 5.56 Å². The van der Waals surface area contributed by atoms with Crippen LogP contribution < -0.4 is 9.47 Å². The molecular formula is C21H24N2O4. The molecule has 27 heavy (non-hydrogen) atoms. The number of fused-ring (bicyclic) bond motifs is 1. The third kappa shape index (κ3) is 4.40. The van der Waals surface area contributed by atoms with Crippen molar-refractivity contribution in [3.8, 4) is 11.5 Å². The van der Waals surface area contributed by atoms with E-state index in [4.69, 9.17) is 9.47 Å². The monoisotopic (exact) mass is 368 g/mol. The second kappa shape index (κ2) is 7.98. The molecule has 0 bridgehead atoms. The van der Waals surface area contributed by atoms with Gasteiger partial charge in [0, 0.05) is 32.7 Å². The molecule has 2 aliphatic heterocycles. The van der Waals surface area contributed by atoms with Gasteiger partial charge in [-0.15, -0.1) is 0 Å². The third-order valence-corrected chi connectivity index (χ3v) is 4.98. The van der Waals surface area contributed by atoms with E-state index in [0.717, 1.165) is 18.7 Å². The lowest BCUT2D eigenvalue weighted by Crippen LogP contribution is -2.38. The molecule has 2 aromatic carbocycles. The quantitative estimate of drug-likeness (QED) is 0.889. The van der Waals surface area contributed by atoms with E-state index in [9.17, 15) is 9.90 Å². The second-order valence-electron chi connectivity index (χ2n) is 7.08. The van der Waals surface area contributed by atoms with Crippen molar-refractivity contribution in [3.05, 3.63) is 59.7 Å². The number of aliphatic hydroxyl groups excluding tert-OH is 1. The molecule has 0 aliphatic carbocycles. The van der Waals surface area contributed by atoms with Gasteiger partial charge in [-0.1, -0.05) is 36.4 Å². The van der Waals surface area contributed by atoms with Crippen molar-refractivity contribution in [1.82, 2.24) is 9.80 Å². The maximum absolute atomic E-state index is 12.8. The molecule has 6 nitrogen and oxygen atoms in total. The van der Waals surface area contributed by atoms with Crippen LogP contribution in [0.15, 0.2) is 48.5 Å². The summed E-state index contributed by atoms with van der Waals surface area (Å²) in [7, 11) is 0. The predicted octanol–water partition coefficient (Wildman–Crippen LogP) is 1.66. The van der Waals surface area contributed by atoms with Crippen LogP contribution in [0.25, 0.3) is 0 Å². The number of carbonyl (C=O) groups is 1. The zero-order valence-corrected chi connectivity index (χ0v) is 15.2. The normalized spacial score (nSPS) is 19.7. The van der Waals surface area contributed by atoms with Crippen LogP contribution in [-0.4, -0.2) is 59.9 Å². The lowest BCUT2D eigenvalue weighted by molar-refractivity contribution is -0.131. The van der Waals surface area contributed by atoms with Crippen molar-refractivity contribution in [2.24, 2.45) is 0 Å². The molecule has 0 radical (unpaired) electrons. The molecule has 2 aliphatic rings. The van der Waals surface area contributed by atoms with E-state index in [1.807, 2.05) is 36.4 Å². The van der Waals surface area contributed by atoms with Crippen molar-refractivity contribution in [3.63, 3.8) is 0 Å². The first-order valence-corrected chi connectivity index (χ1v) is 9.28. The van der Waals surface area contributed by atoms with Crippen LogP contribution in [-0.2, 0) is 17.8 Å². The van der Waals surface area contributed by atoms with Crippen molar-refractivity contribution in [2.75, 3.05) is 33.0 Å². The average molecular weight is 368 g/mol. The van der Waals surface area contributed by atoms with Gasteiger partial charge in [0.25, 0.3) is 0 Å². The Labute approximate surface area is 158 Å². The zero-order valence-electron chi connectivity index (χ0n) is 15.2. The number of rotatable bonds is 4. The third-order valence-electron chi connectivity index (χ3n) is 4.98. The van der Waals surface area contributed by atoms with Gasteiger partial charge in [0.2, 0.25) is 12.7 Å². The number of hydrogen-bond donors (Lipinski definition) is 1. The molecule has 0 saturated carbocycles. The molecule has 1 amide bonds. The van der Waals surface area contributed by atoms with Crippen molar-refractivity contribution in [2.45, 2.75) is 19.1 Å². The van der Waals surface area contributed by atoms with Gasteiger partial charge in [-0.3, -0.25) is 9.69 Å². The molecule has 6 heteroatoms.